The van der Waals surface area contributed by atoms with Gasteiger partial charge >= 0.3 is 0 Å². The highest BCUT2D eigenvalue weighted by Crippen LogP contribution is 2.42. The number of rotatable bonds is 7. The molecule has 2 aromatic heterocycles. The number of benzene rings is 2. The summed E-state index contributed by atoms with van der Waals surface area (Å²) in [6.07, 6.45) is 0. The number of aromatic nitrogens is 1. The van der Waals surface area contributed by atoms with Crippen LogP contribution >= 0.6 is 22.7 Å². The Balaban J connectivity index is 1.58. The molecule has 0 radical (unpaired) electrons. The van der Waals surface area contributed by atoms with Gasteiger partial charge in [0.2, 0.25) is 5.78 Å². The lowest BCUT2D eigenvalue weighted by molar-refractivity contribution is -0.130. The van der Waals surface area contributed by atoms with Crippen molar-refractivity contribution >= 4 is 34.4 Å². The lowest BCUT2D eigenvalue weighted by Gasteiger charge is -2.26. The number of ketones is 1. The van der Waals surface area contributed by atoms with Crippen LogP contribution in [0.5, 0.6) is 5.75 Å². The van der Waals surface area contributed by atoms with Gasteiger partial charge in [-0.15, -0.1) is 22.7 Å². The number of hydrogen-bond donors (Lipinski definition) is 1. The summed E-state index contributed by atoms with van der Waals surface area (Å²) in [5.41, 5.74) is 2.26. The number of aliphatic hydroxyl groups is 1. The van der Waals surface area contributed by atoms with Gasteiger partial charge in [-0.05, 0) is 36.1 Å². The molecule has 3 heterocycles. The van der Waals surface area contributed by atoms with Gasteiger partial charge in [-0.3, -0.25) is 9.59 Å². The third-order valence-electron chi connectivity index (χ3n) is 5.91. The lowest BCUT2D eigenvalue weighted by atomic mass is 9.95. The van der Waals surface area contributed by atoms with E-state index in [1.165, 1.54) is 22.7 Å². The number of nitrogens with zero attached hydrogens (tertiary/aromatic N) is 2. The molecule has 0 bridgehead atoms. The number of amides is 1. The van der Waals surface area contributed by atoms with Crippen LogP contribution in [-0.4, -0.2) is 33.8 Å². The van der Waals surface area contributed by atoms with Gasteiger partial charge in [0.15, 0.2) is 5.76 Å². The number of hydrogen-bond acceptors (Lipinski definition) is 7. The summed E-state index contributed by atoms with van der Waals surface area (Å²) in [4.78, 5) is 34.6. The van der Waals surface area contributed by atoms with Crippen molar-refractivity contribution in [3.63, 3.8) is 0 Å². The van der Waals surface area contributed by atoms with Crippen molar-refractivity contribution in [2.24, 2.45) is 0 Å². The van der Waals surface area contributed by atoms with Gasteiger partial charge in [0.25, 0.3) is 5.91 Å². The van der Waals surface area contributed by atoms with Crippen LogP contribution in [0.25, 0.3) is 10.6 Å². The molecule has 1 unspecified atom stereocenters. The van der Waals surface area contributed by atoms with E-state index in [-0.39, 0.29) is 17.9 Å². The average molecular weight is 503 g/mol. The third-order valence-corrected chi connectivity index (χ3v) is 7.98. The summed E-state index contributed by atoms with van der Waals surface area (Å²) in [5, 5.41) is 13.6. The predicted molar refractivity (Wildman–Crippen MR) is 137 cm³/mol. The zero-order valence-electron chi connectivity index (χ0n) is 19.1. The molecule has 1 aliphatic rings. The van der Waals surface area contributed by atoms with Crippen molar-refractivity contribution in [3.8, 4) is 16.3 Å². The van der Waals surface area contributed by atoms with Gasteiger partial charge in [0.1, 0.15) is 10.8 Å². The molecule has 5 rings (SSSR count). The molecule has 1 amide bonds. The Bertz CT molecular complexity index is 1410. The first-order valence-electron chi connectivity index (χ1n) is 11.0. The van der Waals surface area contributed by atoms with Gasteiger partial charge in [-0.2, -0.15) is 0 Å². The van der Waals surface area contributed by atoms with Crippen LogP contribution in [0.4, 0.5) is 0 Å². The van der Waals surface area contributed by atoms with Crippen molar-refractivity contribution in [3.05, 3.63) is 104 Å². The van der Waals surface area contributed by atoms with Crippen LogP contribution in [0, 0.1) is 6.92 Å². The zero-order valence-corrected chi connectivity index (χ0v) is 20.7. The normalized spacial score (nSPS) is 15.7. The smallest absolute Gasteiger partial charge is 0.290 e. The highest BCUT2D eigenvalue weighted by atomic mass is 32.1. The molecule has 0 spiro atoms. The summed E-state index contributed by atoms with van der Waals surface area (Å²) in [6.45, 7) is 2.06. The van der Waals surface area contributed by atoms with E-state index < -0.39 is 17.7 Å². The molecular formula is C27H22N2O4S2. The second kappa shape index (κ2) is 9.48. The molecule has 1 aliphatic heterocycles. The molecule has 1 N–H and O–H groups in total. The molecule has 35 heavy (non-hydrogen) atoms. The minimum atomic E-state index is -0.732. The molecule has 4 aromatic rings. The summed E-state index contributed by atoms with van der Waals surface area (Å²) < 4.78 is 5.28. The fourth-order valence-electron chi connectivity index (χ4n) is 4.19. The molecule has 0 saturated heterocycles. The minimum Gasteiger partial charge on any atom is -0.503 e. The molecule has 8 heteroatoms. The Morgan fingerprint density at radius 2 is 1.83 bits per heavy atom. The molecule has 6 nitrogen and oxygen atoms in total. The Hall–Kier alpha value is -3.75. The van der Waals surface area contributed by atoms with Crippen molar-refractivity contribution in [1.82, 2.24) is 9.88 Å². The van der Waals surface area contributed by atoms with E-state index in [0.29, 0.717) is 26.9 Å². The van der Waals surface area contributed by atoms with Gasteiger partial charge in [-0.1, -0.05) is 48.5 Å². The maximum Gasteiger partial charge on any atom is 0.290 e. The number of thiazole rings is 1. The predicted octanol–water partition coefficient (Wildman–Crippen LogP) is 5.97. The Morgan fingerprint density at radius 1 is 1.09 bits per heavy atom. The second-order valence-electron chi connectivity index (χ2n) is 8.08. The van der Waals surface area contributed by atoms with Crippen molar-refractivity contribution in [2.75, 3.05) is 7.11 Å². The van der Waals surface area contributed by atoms with E-state index in [0.717, 1.165) is 10.4 Å². The van der Waals surface area contributed by atoms with Gasteiger partial charge in [0.05, 0.1) is 35.8 Å². The van der Waals surface area contributed by atoms with Crippen LogP contribution in [0.2, 0.25) is 0 Å². The van der Waals surface area contributed by atoms with Crippen LogP contribution in [0.3, 0.4) is 0 Å². The summed E-state index contributed by atoms with van der Waals surface area (Å²) in [7, 11) is 1.58. The van der Waals surface area contributed by atoms with Crippen LogP contribution in [0.1, 0.15) is 31.8 Å². The summed E-state index contributed by atoms with van der Waals surface area (Å²) >= 11 is 2.79. The van der Waals surface area contributed by atoms with Gasteiger partial charge in [0, 0.05) is 10.4 Å². The number of aryl methyl sites for hydroxylation is 1. The van der Waals surface area contributed by atoms with E-state index in [1.54, 1.807) is 31.1 Å². The van der Waals surface area contributed by atoms with Gasteiger partial charge < -0.3 is 14.7 Å². The first kappa shape index (κ1) is 23.0. The first-order valence-corrected chi connectivity index (χ1v) is 12.7. The topological polar surface area (TPSA) is 79.7 Å². The van der Waals surface area contributed by atoms with Crippen molar-refractivity contribution in [1.29, 1.82) is 0 Å². The third kappa shape index (κ3) is 4.26. The molecular weight excluding hydrogens is 480 g/mol. The first-order chi connectivity index (χ1) is 17.0. The number of Topliss-reactive ketones (excluding diaryl/α,β-unsaturated/α-hetero) is 1. The van der Waals surface area contributed by atoms with Crippen LogP contribution < -0.4 is 4.74 Å². The number of aliphatic hydroxyl groups excluding tert-OH is 1. The Kier molecular flexibility index (Phi) is 6.23. The molecule has 0 fully saturated rings. The van der Waals surface area contributed by atoms with E-state index in [2.05, 4.69) is 4.98 Å². The summed E-state index contributed by atoms with van der Waals surface area (Å²) in [6, 6.07) is 19.9. The van der Waals surface area contributed by atoms with E-state index in [9.17, 15) is 14.7 Å². The summed E-state index contributed by atoms with van der Waals surface area (Å²) in [5.74, 6) is -0.799. The molecule has 1 atom stereocenters. The molecule has 0 saturated carbocycles. The maximum absolute atomic E-state index is 13.9. The van der Waals surface area contributed by atoms with Crippen molar-refractivity contribution < 1.29 is 19.4 Å². The molecule has 0 aliphatic carbocycles. The van der Waals surface area contributed by atoms with E-state index in [4.69, 9.17) is 4.74 Å². The largest absolute Gasteiger partial charge is 0.503 e. The van der Waals surface area contributed by atoms with E-state index in [1.807, 2.05) is 60.0 Å². The standard InChI is InChI=1S/C27H22N2O4S2/c1-16-25(35-26(28-16)18-7-4-3-5-8-18)23(30)21-22(17-10-12-19(33-2)13-11-17)29(27(32)24(21)31)15-20-9-6-14-34-20/h3-14,22,31H,15H2,1-2H3. The number of methoxy groups -OCH3 is 1. The SMILES string of the molecule is COc1ccc(C2C(C(=O)c3sc(-c4ccccc4)nc3C)=C(O)C(=O)N2Cc2cccs2)cc1. The molecule has 2 aromatic carbocycles. The number of ether oxygens (including phenoxy) is 1. The van der Waals surface area contributed by atoms with Crippen molar-refractivity contribution in [2.45, 2.75) is 19.5 Å². The van der Waals surface area contributed by atoms with E-state index >= 15 is 0 Å². The molecule has 176 valence electrons. The Morgan fingerprint density at radius 3 is 2.49 bits per heavy atom. The fourth-order valence-corrected chi connectivity index (χ4v) is 5.91. The lowest BCUT2D eigenvalue weighted by Crippen LogP contribution is -2.30. The monoisotopic (exact) mass is 502 g/mol. The fraction of sp³-hybridized carbons (Fsp3) is 0.148. The van der Waals surface area contributed by atoms with Gasteiger partial charge in [-0.25, -0.2) is 4.98 Å². The zero-order chi connectivity index (χ0) is 24.5. The van der Waals surface area contributed by atoms with Crippen LogP contribution in [-0.2, 0) is 11.3 Å². The quantitative estimate of drug-likeness (QED) is 0.315. The maximum atomic E-state index is 13.9. The number of carbonyl (C=O) groups excluding carboxylic acids is 2. The average Bonchev–Trinajstić information content (AvgIpc) is 3.60. The highest BCUT2D eigenvalue weighted by molar-refractivity contribution is 7.17. The number of thiophene rings is 1. The van der Waals surface area contributed by atoms with Crippen LogP contribution in [0.15, 0.2) is 83.4 Å². The number of carbonyl (C=O) groups is 2. The Labute approximate surface area is 210 Å². The second-order valence-corrected chi connectivity index (χ2v) is 10.1. The minimum absolute atomic E-state index is 0.0723. The highest BCUT2D eigenvalue weighted by Gasteiger charge is 2.44.